The van der Waals surface area contributed by atoms with Crippen molar-refractivity contribution >= 4 is 16.8 Å². The fourth-order valence-corrected chi connectivity index (χ4v) is 4.20. The molecule has 0 spiro atoms. The van der Waals surface area contributed by atoms with Crippen molar-refractivity contribution in [3.05, 3.63) is 100 Å². The Bertz CT molecular complexity index is 1340. The van der Waals surface area contributed by atoms with Crippen LogP contribution >= 0.6 is 0 Å². The first-order chi connectivity index (χ1) is 16.5. The average molecular weight is 480 g/mol. The molecule has 1 amide bonds. The molecule has 0 unspecified atom stereocenters. The van der Waals surface area contributed by atoms with Gasteiger partial charge in [-0.15, -0.1) is 0 Å². The van der Waals surface area contributed by atoms with Gasteiger partial charge < -0.3 is 5.32 Å². The number of amides is 1. The molecule has 35 heavy (non-hydrogen) atoms. The molecule has 0 aliphatic rings. The van der Waals surface area contributed by atoms with E-state index in [1.54, 1.807) is 0 Å². The van der Waals surface area contributed by atoms with Crippen LogP contribution in [0.4, 0.5) is 13.2 Å². The average Bonchev–Trinajstić information content (AvgIpc) is 3.20. The largest absolute Gasteiger partial charge is 0.416 e. The second kappa shape index (κ2) is 9.56. The highest BCUT2D eigenvalue weighted by Gasteiger charge is 2.30. The van der Waals surface area contributed by atoms with Gasteiger partial charge in [0.25, 0.3) is 5.91 Å². The van der Waals surface area contributed by atoms with Gasteiger partial charge >= 0.3 is 6.18 Å². The van der Waals surface area contributed by atoms with Crippen molar-refractivity contribution in [3.63, 3.8) is 0 Å². The topological polar surface area (TPSA) is 46.9 Å². The third-order valence-corrected chi connectivity index (χ3v) is 6.13. The van der Waals surface area contributed by atoms with Crippen LogP contribution in [0.2, 0.25) is 0 Å². The monoisotopic (exact) mass is 479 g/mol. The zero-order valence-corrected chi connectivity index (χ0v) is 20.1. The van der Waals surface area contributed by atoms with Crippen LogP contribution in [-0.4, -0.2) is 15.7 Å². The Morgan fingerprint density at radius 3 is 2.23 bits per heavy atom. The van der Waals surface area contributed by atoms with Gasteiger partial charge in [-0.3, -0.25) is 9.48 Å². The minimum Gasteiger partial charge on any atom is -0.344 e. The van der Waals surface area contributed by atoms with E-state index in [-0.39, 0.29) is 18.0 Å². The summed E-state index contributed by atoms with van der Waals surface area (Å²) in [6.07, 6.45) is -4.00. The molecule has 0 bridgehead atoms. The number of carbonyl (C=O) groups excluding carboxylic acids is 1. The number of benzene rings is 3. The molecule has 4 rings (SSSR count). The van der Waals surface area contributed by atoms with Gasteiger partial charge in [-0.05, 0) is 69.0 Å². The van der Waals surface area contributed by atoms with Crippen molar-refractivity contribution in [1.29, 1.82) is 0 Å². The van der Waals surface area contributed by atoms with Gasteiger partial charge in [0.15, 0.2) is 5.69 Å². The van der Waals surface area contributed by atoms with Crippen LogP contribution in [0.3, 0.4) is 0 Å². The highest BCUT2D eigenvalue weighted by Crippen LogP contribution is 2.31. The van der Waals surface area contributed by atoms with E-state index in [4.69, 9.17) is 0 Å². The normalized spacial score (nSPS) is 12.8. The summed E-state index contributed by atoms with van der Waals surface area (Å²) in [6, 6.07) is 18.6. The molecule has 182 valence electrons. The van der Waals surface area contributed by atoms with Crippen molar-refractivity contribution in [3.8, 4) is 0 Å². The SMILES string of the molecule is Cc1ccc([C@H](C)NC(=O)c2nn(C(C)C)c3cccc(Cc4ccc(C(F)(F)F)cc4)c23)cc1. The molecule has 1 N–H and O–H groups in total. The molecular formula is C28H28F3N3O. The molecule has 0 fully saturated rings. The smallest absolute Gasteiger partial charge is 0.344 e. The number of alkyl halides is 3. The Balaban J connectivity index is 1.70. The Morgan fingerprint density at radius 2 is 1.63 bits per heavy atom. The highest BCUT2D eigenvalue weighted by molar-refractivity contribution is 6.06. The number of rotatable bonds is 6. The lowest BCUT2D eigenvalue weighted by atomic mass is 9.98. The molecule has 4 aromatic rings. The molecule has 7 heteroatoms. The minimum atomic E-state index is -4.38. The lowest BCUT2D eigenvalue weighted by Crippen LogP contribution is -2.27. The van der Waals surface area contributed by atoms with E-state index in [1.165, 1.54) is 12.1 Å². The molecule has 0 saturated heterocycles. The molecule has 4 nitrogen and oxygen atoms in total. The first-order valence-corrected chi connectivity index (χ1v) is 11.6. The summed E-state index contributed by atoms with van der Waals surface area (Å²) in [6.45, 7) is 7.92. The van der Waals surface area contributed by atoms with Gasteiger partial charge in [0.2, 0.25) is 0 Å². The minimum absolute atomic E-state index is 0.0230. The van der Waals surface area contributed by atoms with Crippen molar-refractivity contribution in [2.24, 2.45) is 0 Å². The molecule has 0 radical (unpaired) electrons. The summed E-state index contributed by atoms with van der Waals surface area (Å²) in [7, 11) is 0. The number of carbonyl (C=O) groups is 1. The van der Waals surface area contributed by atoms with Crippen LogP contribution in [0.5, 0.6) is 0 Å². The molecule has 1 aromatic heterocycles. The Morgan fingerprint density at radius 1 is 0.971 bits per heavy atom. The summed E-state index contributed by atoms with van der Waals surface area (Å²) in [5, 5.41) is 8.42. The van der Waals surface area contributed by atoms with Crippen LogP contribution in [0.25, 0.3) is 10.9 Å². The van der Waals surface area contributed by atoms with E-state index in [0.717, 1.165) is 45.3 Å². The summed E-state index contributed by atoms with van der Waals surface area (Å²) >= 11 is 0. The van der Waals surface area contributed by atoms with Crippen molar-refractivity contribution in [2.45, 2.75) is 52.4 Å². The number of halogens is 3. The highest BCUT2D eigenvalue weighted by atomic mass is 19.4. The van der Waals surface area contributed by atoms with Gasteiger partial charge in [0.05, 0.1) is 17.1 Å². The first-order valence-electron chi connectivity index (χ1n) is 11.6. The van der Waals surface area contributed by atoms with E-state index < -0.39 is 11.7 Å². The molecule has 0 saturated carbocycles. The molecule has 0 aliphatic carbocycles. The van der Waals surface area contributed by atoms with Gasteiger partial charge in [-0.1, -0.05) is 54.1 Å². The standard InChI is InChI=1S/C28H28F3N3O/c1-17(2)34-24-7-5-6-22(16-20-10-14-23(15-11-20)28(29,30)31)25(24)26(33-34)27(35)32-19(4)21-12-8-18(3)9-13-21/h5-15,17,19H,16H2,1-4H3,(H,32,35)/t19-/m0/s1. The van der Waals surface area contributed by atoms with Crippen LogP contribution < -0.4 is 5.32 Å². The van der Waals surface area contributed by atoms with Crippen LogP contribution in [0.1, 0.15) is 71.2 Å². The predicted molar refractivity (Wildman–Crippen MR) is 131 cm³/mol. The van der Waals surface area contributed by atoms with Crippen LogP contribution in [-0.2, 0) is 12.6 Å². The Kier molecular flexibility index (Phi) is 6.70. The van der Waals surface area contributed by atoms with Gasteiger partial charge in [0, 0.05) is 11.4 Å². The van der Waals surface area contributed by atoms with Crippen molar-refractivity contribution < 1.29 is 18.0 Å². The van der Waals surface area contributed by atoms with Crippen LogP contribution in [0, 0.1) is 6.92 Å². The molecule has 1 heterocycles. The second-order valence-corrected chi connectivity index (χ2v) is 9.18. The second-order valence-electron chi connectivity index (χ2n) is 9.18. The number of aromatic nitrogens is 2. The fraction of sp³-hybridized carbons (Fsp3) is 0.286. The summed E-state index contributed by atoms with van der Waals surface area (Å²) in [4.78, 5) is 13.4. The maximum atomic E-state index is 13.4. The molecule has 3 aromatic carbocycles. The Hall–Kier alpha value is -3.61. The van der Waals surface area contributed by atoms with Crippen LogP contribution in [0.15, 0.2) is 66.7 Å². The van der Waals surface area contributed by atoms with E-state index >= 15 is 0 Å². The zero-order chi connectivity index (χ0) is 25.3. The van der Waals surface area contributed by atoms with Gasteiger partial charge in [-0.2, -0.15) is 18.3 Å². The maximum absolute atomic E-state index is 13.4. The Labute approximate surface area is 202 Å². The third-order valence-electron chi connectivity index (χ3n) is 6.13. The number of nitrogens with zero attached hydrogens (tertiary/aromatic N) is 2. The lowest BCUT2D eigenvalue weighted by molar-refractivity contribution is -0.137. The molecule has 1 atom stereocenters. The third kappa shape index (κ3) is 5.24. The number of nitrogens with one attached hydrogen (secondary N) is 1. The molecular weight excluding hydrogens is 451 g/mol. The van der Waals surface area contributed by atoms with E-state index in [9.17, 15) is 18.0 Å². The van der Waals surface area contributed by atoms with Gasteiger partial charge in [-0.25, -0.2) is 0 Å². The zero-order valence-electron chi connectivity index (χ0n) is 20.1. The van der Waals surface area contributed by atoms with E-state index in [2.05, 4.69) is 10.4 Å². The van der Waals surface area contributed by atoms with E-state index in [1.807, 2.05) is 74.8 Å². The van der Waals surface area contributed by atoms with Crippen molar-refractivity contribution in [2.75, 3.05) is 0 Å². The number of hydrogen-bond donors (Lipinski definition) is 1. The number of fused-ring (bicyclic) bond motifs is 1. The van der Waals surface area contributed by atoms with Crippen molar-refractivity contribution in [1.82, 2.24) is 15.1 Å². The summed E-state index contributed by atoms with van der Waals surface area (Å²) < 4.78 is 40.7. The quantitative estimate of drug-likeness (QED) is 0.323. The number of aryl methyl sites for hydroxylation is 1. The lowest BCUT2D eigenvalue weighted by Gasteiger charge is -2.14. The predicted octanol–water partition coefficient (Wildman–Crippen LogP) is 7.03. The van der Waals surface area contributed by atoms with Gasteiger partial charge in [0.1, 0.15) is 0 Å². The first kappa shape index (κ1) is 24.5. The number of hydrogen-bond acceptors (Lipinski definition) is 2. The summed E-state index contributed by atoms with van der Waals surface area (Å²) in [5.41, 5.74) is 4.14. The fourth-order valence-electron chi connectivity index (χ4n) is 4.20. The molecule has 0 aliphatic heterocycles. The maximum Gasteiger partial charge on any atom is 0.416 e. The summed E-state index contributed by atoms with van der Waals surface area (Å²) in [5.74, 6) is -0.289. The van der Waals surface area contributed by atoms with E-state index in [0.29, 0.717) is 12.1 Å².